The molecule has 0 saturated carbocycles. The van der Waals surface area contributed by atoms with Crippen molar-refractivity contribution in [2.24, 2.45) is 0 Å². The molecule has 4 rings (SSSR count). The standard InChI is InChI=1S/C20H27N5OS/c1-16-18(27-19(22-16)17-6-2-3-7-21-17)20(26)25-14-12-24(13-15-25)11-10-23-8-4-5-9-23/h2-3,6-7H,4-5,8-15H2,1H3/p+2. The van der Waals surface area contributed by atoms with Gasteiger partial charge in [0.15, 0.2) is 0 Å². The molecule has 0 aliphatic carbocycles. The lowest BCUT2D eigenvalue weighted by molar-refractivity contribution is -0.954. The summed E-state index contributed by atoms with van der Waals surface area (Å²) in [4.78, 5) is 28.1. The van der Waals surface area contributed by atoms with E-state index in [1.807, 2.05) is 30.0 Å². The van der Waals surface area contributed by atoms with Gasteiger partial charge in [0.1, 0.15) is 23.0 Å². The molecule has 7 heteroatoms. The first-order valence-electron chi connectivity index (χ1n) is 10.1. The predicted molar refractivity (Wildman–Crippen MR) is 106 cm³/mol. The molecule has 2 N–H and O–H groups in total. The number of hydrogen-bond donors (Lipinski definition) is 2. The normalized spacial score (nSPS) is 18.9. The van der Waals surface area contributed by atoms with Crippen molar-refractivity contribution in [3.05, 3.63) is 35.0 Å². The van der Waals surface area contributed by atoms with Crippen LogP contribution in [0.5, 0.6) is 0 Å². The number of nitrogens with one attached hydrogen (secondary N) is 2. The summed E-state index contributed by atoms with van der Waals surface area (Å²) in [6, 6.07) is 5.78. The van der Waals surface area contributed by atoms with Crippen molar-refractivity contribution in [1.29, 1.82) is 0 Å². The highest BCUT2D eigenvalue weighted by atomic mass is 32.1. The van der Waals surface area contributed by atoms with Gasteiger partial charge in [-0.05, 0) is 19.1 Å². The largest absolute Gasteiger partial charge is 0.330 e. The van der Waals surface area contributed by atoms with Crippen LogP contribution in [0.4, 0.5) is 0 Å². The predicted octanol–water partition coefficient (Wildman–Crippen LogP) is -0.467. The summed E-state index contributed by atoms with van der Waals surface area (Å²) in [6.07, 6.45) is 4.54. The fourth-order valence-corrected chi connectivity index (χ4v) is 5.10. The molecule has 0 spiro atoms. The quantitative estimate of drug-likeness (QED) is 0.730. The molecule has 6 nitrogen and oxygen atoms in total. The molecule has 0 unspecified atom stereocenters. The number of thiazole rings is 1. The second-order valence-corrected chi connectivity index (χ2v) is 8.65. The summed E-state index contributed by atoms with van der Waals surface area (Å²) in [6.45, 7) is 11.0. The Balaban J connectivity index is 1.33. The number of carbonyl (C=O) groups is 1. The lowest BCUT2D eigenvalue weighted by Gasteiger charge is -2.32. The number of nitrogens with zero attached hydrogens (tertiary/aromatic N) is 3. The first-order valence-corrected chi connectivity index (χ1v) is 10.9. The minimum atomic E-state index is 0.136. The molecule has 27 heavy (non-hydrogen) atoms. The lowest BCUT2D eigenvalue weighted by atomic mass is 10.2. The van der Waals surface area contributed by atoms with E-state index in [0.29, 0.717) is 0 Å². The summed E-state index contributed by atoms with van der Waals surface area (Å²) in [7, 11) is 0. The number of pyridine rings is 1. The maximum absolute atomic E-state index is 13.0. The van der Waals surface area contributed by atoms with Gasteiger partial charge in [0, 0.05) is 19.0 Å². The smallest absolute Gasteiger partial charge is 0.266 e. The van der Waals surface area contributed by atoms with E-state index in [-0.39, 0.29) is 5.91 Å². The Morgan fingerprint density at radius 2 is 1.81 bits per heavy atom. The molecule has 2 fully saturated rings. The minimum Gasteiger partial charge on any atom is -0.330 e. The van der Waals surface area contributed by atoms with Crippen molar-refractivity contribution in [2.45, 2.75) is 19.8 Å². The summed E-state index contributed by atoms with van der Waals surface area (Å²) in [5.74, 6) is 0.136. The van der Waals surface area contributed by atoms with Gasteiger partial charge >= 0.3 is 0 Å². The van der Waals surface area contributed by atoms with Crippen molar-refractivity contribution in [3.8, 4) is 10.7 Å². The van der Waals surface area contributed by atoms with E-state index >= 15 is 0 Å². The number of quaternary nitrogens is 2. The zero-order chi connectivity index (χ0) is 18.6. The summed E-state index contributed by atoms with van der Waals surface area (Å²) < 4.78 is 0. The Morgan fingerprint density at radius 1 is 1.11 bits per heavy atom. The van der Waals surface area contributed by atoms with Gasteiger partial charge in [-0.3, -0.25) is 9.78 Å². The van der Waals surface area contributed by atoms with Crippen LogP contribution in [0.2, 0.25) is 0 Å². The van der Waals surface area contributed by atoms with E-state index in [2.05, 4.69) is 9.97 Å². The Labute approximate surface area is 164 Å². The van der Waals surface area contributed by atoms with Crippen LogP contribution in [0.1, 0.15) is 28.2 Å². The van der Waals surface area contributed by atoms with Crippen molar-refractivity contribution in [3.63, 3.8) is 0 Å². The van der Waals surface area contributed by atoms with Gasteiger partial charge in [0.05, 0.1) is 50.7 Å². The number of piperazine rings is 1. The second-order valence-electron chi connectivity index (χ2n) is 7.65. The van der Waals surface area contributed by atoms with E-state index in [4.69, 9.17) is 0 Å². The minimum absolute atomic E-state index is 0.136. The van der Waals surface area contributed by atoms with Gasteiger partial charge in [-0.15, -0.1) is 11.3 Å². The second kappa shape index (κ2) is 8.46. The molecule has 0 atom stereocenters. The number of aryl methyl sites for hydroxylation is 1. The highest BCUT2D eigenvalue weighted by molar-refractivity contribution is 7.17. The number of rotatable bonds is 5. The van der Waals surface area contributed by atoms with E-state index < -0.39 is 0 Å². The fraction of sp³-hybridized carbons (Fsp3) is 0.550. The molecule has 2 aromatic heterocycles. The van der Waals surface area contributed by atoms with E-state index in [9.17, 15) is 4.79 Å². The Morgan fingerprint density at radius 3 is 2.48 bits per heavy atom. The maximum Gasteiger partial charge on any atom is 0.266 e. The first-order chi connectivity index (χ1) is 13.2. The average Bonchev–Trinajstić information content (AvgIpc) is 3.37. The van der Waals surface area contributed by atoms with Gasteiger partial charge < -0.3 is 14.7 Å². The number of likely N-dealkylation sites (tertiary alicyclic amines) is 1. The van der Waals surface area contributed by atoms with E-state index in [1.165, 1.54) is 50.4 Å². The molecule has 2 aliphatic rings. The molecule has 0 bridgehead atoms. The highest BCUT2D eigenvalue weighted by Crippen LogP contribution is 2.27. The molecule has 0 radical (unpaired) electrons. The van der Waals surface area contributed by atoms with Gasteiger partial charge in [-0.1, -0.05) is 6.07 Å². The number of hydrogen-bond acceptors (Lipinski definition) is 4. The Hall–Kier alpha value is -1.83. The third kappa shape index (κ3) is 4.36. The SMILES string of the molecule is Cc1nc(-c2ccccn2)sc1C(=O)N1CC[NH+](CC[NH+]2CCCC2)CC1. The van der Waals surface area contributed by atoms with Crippen molar-refractivity contribution in [2.75, 3.05) is 52.4 Å². The molecule has 2 aliphatic heterocycles. The molecule has 4 heterocycles. The zero-order valence-electron chi connectivity index (χ0n) is 16.0. The van der Waals surface area contributed by atoms with Crippen LogP contribution in [0, 0.1) is 6.92 Å². The molecule has 1 amide bonds. The summed E-state index contributed by atoms with van der Waals surface area (Å²) in [5, 5.41) is 0.828. The molecular weight excluding hydrogens is 358 g/mol. The van der Waals surface area contributed by atoms with Crippen LogP contribution in [-0.4, -0.2) is 73.1 Å². The first kappa shape index (κ1) is 18.5. The van der Waals surface area contributed by atoms with Crippen molar-refractivity contribution in [1.82, 2.24) is 14.9 Å². The number of aromatic nitrogens is 2. The maximum atomic E-state index is 13.0. The molecule has 144 valence electrons. The topological polar surface area (TPSA) is 55.0 Å². The average molecular weight is 388 g/mol. The third-order valence-electron chi connectivity index (χ3n) is 5.78. The van der Waals surface area contributed by atoms with Gasteiger partial charge in [-0.25, -0.2) is 4.98 Å². The van der Waals surface area contributed by atoms with Crippen LogP contribution in [-0.2, 0) is 0 Å². The molecular formula is C20H29N5OS+2. The van der Waals surface area contributed by atoms with Gasteiger partial charge in [0.2, 0.25) is 0 Å². The highest BCUT2D eigenvalue weighted by Gasteiger charge is 2.28. The monoisotopic (exact) mass is 387 g/mol. The lowest BCUT2D eigenvalue weighted by Crippen LogP contribution is -3.21. The van der Waals surface area contributed by atoms with Crippen LogP contribution < -0.4 is 9.80 Å². The van der Waals surface area contributed by atoms with Crippen LogP contribution in [0.25, 0.3) is 10.7 Å². The summed E-state index contributed by atoms with van der Waals surface area (Å²) >= 11 is 1.47. The van der Waals surface area contributed by atoms with Crippen molar-refractivity contribution < 1.29 is 14.6 Å². The Kier molecular flexibility index (Phi) is 5.80. The Bertz CT molecular complexity index is 764. The van der Waals surface area contributed by atoms with Crippen LogP contribution in [0.15, 0.2) is 24.4 Å². The molecule has 2 aromatic rings. The van der Waals surface area contributed by atoms with Crippen LogP contribution >= 0.6 is 11.3 Å². The fourth-order valence-electron chi connectivity index (χ4n) is 4.09. The number of amides is 1. The zero-order valence-corrected chi connectivity index (χ0v) is 16.9. The third-order valence-corrected chi connectivity index (χ3v) is 6.94. The molecule has 2 saturated heterocycles. The van der Waals surface area contributed by atoms with Gasteiger partial charge in [0.25, 0.3) is 5.91 Å². The summed E-state index contributed by atoms with van der Waals surface area (Å²) in [5.41, 5.74) is 1.65. The van der Waals surface area contributed by atoms with E-state index in [1.54, 1.807) is 16.0 Å². The number of carbonyl (C=O) groups excluding carboxylic acids is 1. The van der Waals surface area contributed by atoms with Gasteiger partial charge in [-0.2, -0.15) is 0 Å². The van der Waals surface area contributed by atoms with Crippen molar-refractivity contribution >= 4 is 17.2 Å². The van der Waals surface area contributed by atoms with Crippen LogP contribution in [0.3, 0.4) is 0 Å². The molecule has 0 aromatic carbocycles. The van der Waals surface area contributed by atoms with E-state index in [0.717, 1.165) is 47.5 Å².